The average molecular weight is 290 g/mol. The fourth-order valence-corrected chi connectivity index (χ4v) is 3.57. The Bertz CT molecular complexity index is 504. The number of nitrogens with one attached hydrogen (secondary N) is 1. The van der Waals surface area contributed by atoms with Gasteiger partial charge in [-0.1, -0.05) is 25.0 Å². The van der Waals surface area contributed by atoms with Crippen LogP contribution < -0.4 is 11.1 Å². The summed E-state index contributed by atoms with van der Waals surface area (Å²) in [5.41, 5.74) is 6.24. The fraction of sp³-hybridized carbons (Fsp3) is 0.588. The van der Waals surface area contributed by atoms with Gasteiger partial charge in [-0.05, 0) is 49.3 Å². The third-order valence-corrected chi connectivity index (χ3v) is 5.05. The molecule has 3 N–H and O–H groups in total. The largest absolute Gasteiger partial charge is 0.351 e. The molecule has 21 heavy (non-hydrogen) atoms. The van der Waals surface area contributed by atoms with Crippen molar-refractivity contribution in [1.29, 1.82) is 0 Å². The van der Waals surface area contributed by atoms with Gasteiger partial charge in [-0.2, -0.15) is 0 Å². The van der Waals surface area contributed by atoms with E-state index in [0.29, 0.717) is 12.5 Å². The minimum absolute atomic E-state index is 0.0777. The van der Waals surface area contributed by atoms with Gasteiger partial charge in [-0.15, -0.1) is 0 Å². The molecule has 3 nitrogen and oxygen atoms in total. The van der Waals surface area contributed by atoms with Crippen LogP contribution in [0.5, 0.6) is 0 Å². The van der Waals surface area contributed by atoms with E-state index in [1.54, 1.807) is 12.1 Å². The SMILES string of the molecule is NCC(NC(=O)C1(c2ccc(F)cc2)CCCC1)C1CC1. The second-order valence-corrected chi connectivity index (χ2v) is 6.45. The molecule has 1 amide bonds. The Balaban J connectivity index is 1.82. The summed E-state index contributed by atoms with van der Waals surface area (Å²) in [4.78, 5) is 12.9. The van der Waals surface area contributed by atoms with Crippen LogP contribution in [0.3, 0.4) is 0 Å². The van der Waals surface area contributed by atoms with E-state index in [1.165, 1.54) is 12.1 Å². The summed E-state index contributed by atoms with van der Waals surface area (Å²) in [6.45, 7) is 0.496. The molecule has 1 aromatic carbocycles. The number of carbonyl (C=O) groups excluding carboxylic acids is 1. The molecular weight excluding hydrogens is 267 g/mol. The fourth-order valence-electron chi connectivity index (χ4n) is 3.57. The first-order valence-electron chi connectivity index (χ1n) is 7.93. The molecule has 0 bridgehead atoms. The number of rotatable bonds is 5. The minimum Gasteiger partial charge on any atom is -0.351 e. The smallest absolute Gasteiger partial charge is 0.230 e. The zero-order chi connectivity index (χ0) is 14.9. The molecule has 114 valence electrons. The van der Waals surface area contributed by atoms with Gasteiger partial charge in [-0.25, -0.2) is 4.39 Å². The second-order valence-electron chi connectivity index (χ2n) is 6.45. The lowest BCUT2D eigenvalue weighted by Gasteiger charge is -2.30. The van der Waals surface area contributed by atoms with Crippen molar-refractivity contribution in [3.8, 4) is 0 Å². The molecule has 3 rings (SSSR count). The van der Waals surface area contributed by atoms with Crippen molar-refractivity contribution in [3.05, 3.63) is 35.6 Å². The molecule has 4 heteroatoms. The maximum Gasteiger partial charge on any atom is 0.230 e. The van der Waals surface area contributed by atoms with Crippen LogP contribution in [0.4, 0.5) is 4.39 Å². The van der Waals surface area contributed by atoms with Gasteiger partial charge in [0, 0.05) is 12.6 Å². The van der Waals surface area contributed by atoms with E-state index in [4.69, 9.17) is 5.73 Å². The van der Waals surface area contributed by atoms with Crippen LogP contribution in [0.1, 0.15) is 44.1 Å². The molecule has 0 aromatic heterocycles. The predicted molar refractivity (Wildman–Crippen MR) is 80.3 cm³/mol. The highest BCUT2D eigenvalue weighted by Crippen LogP contribution is 2.42. The number of hydrogen-bond acceptors (Lipinski definition) is 2. The summed E-state index contributed by atoms with van der Waals surface area (Å²) in [7, 11) is 0. The molecule has 0 saturated heterocycles. The summed E-state index contributed by atoms with van der Waals surface area (Å²) in [6, 6.07) is 6.51. The van der Waals surface area contributed by atoms with Crippen LogP contribution in [0.15, 0.2) is 24.3 Å². The van der Waals surface area contributed by atoms with E-state index in [2.05, 4.69) is 5.32 Å². The van der Waals surface area contributed by atoms with Crippen molar-refractivity contribution < 1.29 is 9.18 Å². The van der Waals surface area contributed by atoms with Crippen LogP contribution in [0, 0.1) is 11.7 Å². The van der Waals surface area contributed by atoms with Crippen LogP contribution in [0.25, 0.3) is 0 Å². The molecule has 0 spiro atoms. The highest BCUT2D eigenvalue weighted by atomic mass is 19.1. The van der Waals surface area contributed by atoms with Gasteiger partial charge in [0.05, 0.1) is 5.41 Å². The summed E-state index contributed by atoms with van der Waals surface area (Å²) in [5, 5.41) is 3.17. The molecule has 2 aliphatic rings. The maximum absolute atomic E-state index is 13.2. The predicted octanol–water partition coefficient (Wildman–Crippen LogP) is 2.49. The van der Waals surface area contributed by atoms with Gasteiger partial charge in [0.1, 0.15) is 5.82 Å². The van der Waals surface area contributed by atoms with Crippen LogP contribution >= 0.6 is 0 Å². The molecule has 0 heterocycles. The second kappa shape index (κ2) is 5.76. The number of hydrogen-bond donors (Lipinski definition) is 2. The molecule has 1 aromatic rings. The Kier molecular flexibility index (Phi) is 3.98. The van der Waals surface area contributed by atoms with Crippen molar-refractivity contribution >= 4 is 5.91 Å². The summed E-state index contributed by atoms with van der Waals surface area (Å²) >= 11 is 0. The Hall–Kier alpha value is -1.42. The maximum atomic E-state index is 13.2. The average Bonchev–Trinajstić information content (AvgIpc) is 3.21. The van der Waals surface area contributed by atoms with Crippen LogP contribution in [0.2, 0.25) is 0 Å². The lowest BCUT2D eigenvalue weighted by molar-refractivity contribution is -0.127. The highest BCUT2D eigenvalue weighted by molar-refractivity contribution is 5.88. The Morgan fingerprint density at radius 1 is 1.29 bits per heavy atom. The molecule has 1 atom stereocenters. The van der Waals surface area contributed by atoms with Gasteiger partial charge in [0.2, 0.25) is 5.91 Å². The summed E-state index contributed by atoms with van der Waals surface area (Å²) in [6.07, 6.45) is 6.08. The van der Waals surface area contributed by atoms with Crippen LogP contribution in [-0.4, -0.2) is 18.5 Å². The van der Waals surface area contributed by atoms with Gasteiger partial charge in [-0.3, -0.25) is 4.79 Å². The van der Waals surface area contributed by atoms with E-state index < -0.39 is 5.41 Å². The molecule has 2 fully saturated rings. The quantitative estimate of drug-likeness (QED) is 0.875. The van der Waals surface area contributed by atoms with E-state index in [1.807, 2.05) is 0 Å². The number of nitrogens with two attached hydrogens (primary N) is 1. The lowest BCUT2D eigenvalue weighted by atomic mass is 9.77. The zero-order valence-electron chi connectivity index (χ0n) is 12.3. The number of amides is 1. The molecule has 1 unspecified atom stereocenters. The monoisotopic (exact) mass is 290 g/mol. The van der Waals surface area contributed by atoms with Gasteiger partial charge < -0.3 is 11.1 Å². The zero-order valence-corrected chi connectivity index (χ0v) is 12.3. The Morgan fingerprint density at radius 3 is 2.43 bits per heavy atom. The van der Waals surface area contributed by atoms with Gasteiger partial charge in [0.15, 0.2) is 0 Å². The minimum atomic E-state index is -0.490. The van der Waals surface area contributed by atoms with E-state index >= 15 is 0 Å². The van der Waals surface area contributed by atoms with Crippen molar-refractivity contribution in [2.24, 2.45) is 11.7 Å². The first-order valence-corrected chi connectivity index (χ1v) is 7.93. The normalized spacial score (nSPS) is 22.0. The van der Waals surface area contributed by atoms with E-state index in [0.717, 1.165) is 44.1 Å². The Morgan fingerprint density at radius 2 is 1.90 bits per heavy atom. The summed E-state index contributed by atoms with van der Waals surface area (Å²) in [5.74, 6) is 0.365. The number of carbonyl (C=O) groups is 1. The molecule has 2 saturated carbocycles. The van der Waals surface area contributed by atoms with E-state index in [9.17, 15) is 9.18 Å². The van der Waals surface area contributed by atoms with Crippen LogP contribution in [-0.2, 0) is 10.2 Å². The molecular formula is C17H23FN2O. The van der Waals surface area contributed by atoms with Crippen molar-refractivity contribution in [3.63, 3.8) is 0 Å². The Labute approximate surface area is 125 Å². The van der Waals surface area contributed by atoms with Crippen molar-refractivity contribution in [2.45, 2.75) is 50.0 Å². The molecule has 2 aliphatic carbocycles. The summed E-state index contributed by atoms with van der Waals surface area (Å²) < 4.78 is 13.2. The number of benzene rings is 1. The molecule has 0 radical (unpaired) electrons. The topological polar surface area (TPSA) is 55.1 Å². The number of halogens is 1. The highest BCUT2D eigenvalue weighted by Gasteiger charge is 2.44. The third-order valence-electron chi connectivity index (χ3n) is 5.05. The molecule has 0 aliphatic heterocycles. The first-order chi connectivity index (χ1) is 10.2. The van der Waals surface area contributed by atoms with Crippen molar-refractivity contribution in [1.82, 2.24) is 5.32 Å². The van der Waals surface area contributed by atoms with Crippen molar-refractivity contribution in [2.75, 3.05) is 6.54 Å². The standard InChI is InChI=1S/C17H23FN2O/c18-14-7-5-13(6-8-14)17(9-1-2-10-17)16(21)20-15(11-19)12-3-4-12/h5-8,12,15H,1-4,9-11,19H2,(H,20,21). The van der Waals surface area contributed by atoms with E-state index in [-0.39, 0.29) is 17.8 Å². The first kappa shape index (κ1) is 14.5. The third kappa shape index (κ3) is 2.82. The van der Waals surface area contributed by atoms with Gasteiger partial charge >= 0.3 is 0 Å². The lowest BCUT2D eigenvalue weighted by Crippen LogP contribution is -2.50. The van der Waals surface area contributed by atoms with Gasteiger partial charge in [0.25, 0.3) is 0 Å².